The lowest BCUT2D eigenvalue weighted by molar-refractivity contribution is -0.153. The van der Waals surface area contributed by atoms with Gasteiger partial charge in [-0.1, -0.05) is 0 Å². The van der Waals surface area contributed by atoms with Gasteiger partial charge in [-0.2, -0.15) is 0 Å². The lowest BCUT2D eigenvalue weighted by Crippen LogP contribution is -2.45. The summed E-state index contributed by atoms with van der Waals surface area (Å²) in [6.07, 6.45) is 0.547. The number of methoxy groups -OCH3 is 1. The van der Waals surface area contributed by atoms with E-state index in [-0.39, 0.29) is 24.9 Å². The minimum absolute atomic E-state index is 0.0320. The summed E-state index contributed by atoms with van der Waals surface area (Å²) < 4.78 is 60.6. The van der Waals surface area contributed by atoms with Crippen LogP contribution in [0.25, 0.3) is 10.9 Å². The van der Waals surface area contributed by atoms with Crippen molar-refractivity contribution in [2.24, 2.45) is 5.41 Å². The van der Waals surface area contributed by atoms with Crippen LogP contribution in [0.4, 0.5) is 23.2 Å². The fraction of sp³-hybridized carbons (Fsp3) is 0.407. The van der Waals surface area contributed by atoms with Gasteiger partial charge in [0.05, 0.1) is 30.3 Å². The number of carboxylic acids is 1. The Bertz CT molecular complexity index is 1290. The van der Waals surface area contributed by atoms with Gasteiger partial charge >= 0.3 is 5.97 Å². The third-order valence-electron chi connectivity index (χ3n) is 7.30. The van der Waals surface area contributed by atoms with Gasteiger partial charge in [-0.15, -0.1) is 0 Å². The number of rotatable bonds is 10. The lowest BCUT2D eigenvalue weighted by atomic mass is 9.74. The fourth-order valence-electron chi connectivity index (χ4n) is 5.02. The largest absolute Gasteiger partial charge is 0.497 e. The van der Waals surface area contributed by atoms with E-state index in [1.807, 2.05) is 4.90 Å². The number of nitrogens with one attached hydrogen (secondary N) is 1. The second-order valence-electron chi connectivity index (χ2n) is 9.56. The summed E-state index contributed by atoms with van der Waals surface area (Å²) in [6.45, 7) is 1.41. The second kappa shape index (κ2) is 11.5. The van der Waals surface area contributed by atoms with Gasteiger partial charge in [-0.3, -0.25) is 9.78 Å². The Kier molecular flexibility index (Phi) is 8.37. The third-order valence-corrected chi connectivity index (χ3v) is 7.30. The molecule has 1 aliphatic heterocycles. The Morgan fingerprint density at radius 1 is 1.13 bits per heavy atom. The van der Waals surface area contributed by atoms with Crippen LogP contribution in [-0.2, 0) is 4.79 Å². The van der Waals surface area contributed by atoms with Gasteiger partial charge in [0.2, 0.25) is 0 Å². The number of ether oxygens (including phenoxy) is 1. The zero-order valence-corrected chi connectivity index (χ0v) is 20.8. The normalized spacial score (nSPS) is 16.4. The summed E-state index contributed by atoms with van der Waals surface area (Å²) in [6, 6.07) is 6.12. The maximum Gasteiger partial charge on any atom is 0.309 e. The Morgan fingerprint density at radius 2 is 1.82 bits per heavy atom. The van der Waals surface area contributed by atoms with E-state index < -0.39 is 46.4 Å². The Morgan fingerprint density at radius 3 is 2.45 bits per heavy atom. The summed E-state index contributed by atoms with van der Waals surface area (Å²) in [5.41, 5.74) is -0.975. The van der Waals surface area contributed by atoms with Gasteiger partial charge in [-0.05, 0) is 57.0 Å². The van der Waals surface area contributed by atoms with Crippen LogP contribution in [0.1, 0.15) is 37.4 Å². The predicted octanol–water partition coefficient (Wildman–Crippen LogP) is 4.89. The van der Waals surface area contributed by atoms with E-state index in [1.165, 1.54) is 7.11 Å². The van der Waals surface area contributed by atoms with Gasteiger partial charge in [0, 0.05) is 36.2 Å². The fourth-order valence-corrected chi connectivity index (χ4v) is 5.02. The van der Waals surface area contributed by atoms with Crippen molar-refractivity contribution in [2.75, 3.05) is 38.6 Å². The van der Waals surface area contributed by atoms with Crippen LogP contribution in [0.15, 0.2) is 36.5 Å². The molecule has 204 valence electrons. The van der Waals surface area contributed by atoms with Crippen LogP contribution in [0.5, 0.6) is 5.75 Å². The minimum atomic E-state index is -1.24. The predicted molar refractivity (Wildman–Crippen MR) is 133 cm³/mol. The van der Waals surface area contributed by atoms with Crippen molar-refractivity contribution in [3.63, 3.8) is 0 Å². The molecule has 0 unspecified atom stereocenters. The van der Waals surface area contributed by atoms with Crippen LogP contribution < -0.4 is 10.1 Å². The average Bonchev–Trinajstić information content (AvgIpc) is 2.89. The van der Waals surface area contributed by atoms with Gasteiger partial charge in [0.25, 0.3) is 0 Å². The zero-order chi connectivity index (χ0) is 27.4. The van der Waals surface area contributed by atoms with Gasteiger partial charge in [-0.25, -0.2) is 17.6 Å². The lowest BCUT2D eigenvalue weighted by Gasteiger charge is -2.39. The molecule has 3 N–H and O–H groups in total. The highest BCUT2D eigenvalue weighted by Crippen LogP contribution is 2.40. The van der Waals surface area contributed by atoms with Gasteiger partial charge in [0.15, 0.2) is 11.6 Å². The summed E-state index contributed by atoms with van der Waals surface area (Å²) in [5, 5.41) is 24.0. The molecule has 2 heterocycles. The third kappa shape index (κ3) is 5.83. The van der Waals surface area contributed by atoms with Crippen LogP contribution in [-0.4, -0.2) is 59.4 Å². The maximum absolute atomic E-state index is 14.7. The zero-order valence-electron chi connectivity index (χ0n) is 20.8. The first-order valence-electron chi connectivity index (χ1n) is 12.3. The number of aliphatic hydroxyl groups is 1. The molecule has 3 aromatic rings. The molecule has 1 saturated heterocycles. The summed E-state index contributed by atoms with van der Waals surface area (Å²) in [7, 11) is 1.47. The highest BCUT2D eigenvalue weighted by Gasteiger charge is 2.41. The number of carboxylic acid groups (broad SMARTS) is 1. The molecule has 0 aliphatic carbocycles. The summed E-state index contributed by atoms with van der Waals surface area (Å²) in [4.78, 5) is 18.3. The van der Waals surface area contributed by atoms with E-state index in [9.17, 15) is 32.6 Å². The Hall–Kier alpha value is -3.44. The molecule has 1 aromatic heterocycles. The van der Waals surface area contributed by atoms with Crippen LogP contribution >= 0.6 is 0 Å². The number of hydrogen-bond acceptors (Lipinski definition) is 6. The van der Waals surface area contributed by atoms with Crippen LogP contribution in [0.3, 0.4) is 0 Å². The minimum Gasteiger partial charge on any atom is -0.497 e. The number of aliphatic carboxylic acids is 1. The first-order chi connectivity index (χ1) is 18.1. The van der Waals surface area contributed by atoms with Crippen molar-refractivity contribution in [2.45, 2.75) is 31.8 Å². The molecule has 1 fully saturated rings. The average molecular weight is 536 g/mol. The molecular weight excluding hydrogens is 506 g/mol. The van der Waals surface area contributed by atoms with Gasteiger partial charge in [0.1, 0.15) is 23.1 Å². The number of piperidine rings is 1. The van der Waals surface area contributed by atoms with E-state index in [4.69, 9.17) is 4.74 Å². The number of anilines is 1. The number of aromatic nitrogens is 1. The van der Waals surface area contributed by atoms with Crippen molar-refractivity contribution in [1.29, 1.82) is 0 Å². The molecule has 1 atom stereocenters. The Labute approximate surface area is 217 Å². The summed E-state index contributed by atoms with van der Waals surface area (Å²) in [5.74, 6) is -4.25. The number of benzene rings is 2. The SMILES string of the molecule is COc1ccc2ncc(F)c([C@@H](O)CCC3(C(=O)O)CCN(CCNc4c(F)cc(F)cc4F)CC3)c2c1. The molecule has 4 rings (SSSR count). The number of aliphatic hydroxyl groups excluding tert-OH is 1. The second-order valence-corrected chi connectivity index (χ2v) is 9.56. The van der Waals surface area contributed by atoms with Gasteiger partial charge < -0.3 is 25.2 Å². The van der Waals surface area contributed by atoms with E-state index in [2.05, 4.69) is 10.3 Å². The number of carbonyl (C=O) groups is 1. The van der Waals surface area contributed by atoms with Crippen molar-refractivity contribution < 1.29 is 37.3 Å². The molecule has 38 heavy (non-hydrogen) atoms. The molecule has 11 heteroatoms. The summed E-state index contributed by atoms with van der Waals surface area (Å²) >= 11 is 0. The molecule has 0 saturated carbocycles. The smallest absolute Gasteiger partial charge is 0.309 e. The van der Waals surface area contributed by atoms with E-state index in [0.717, 1.165) is 6.20 Å². The number of halogens is 4. The molecule has 1 aliphatic rings. The number of likely N-dealkylation sites (tertiary alicyclic amines) is 1. The number of fused-ring (bicyclic) bond motifs is 1. The highest BCUT2D eigenvalue weighted by molar-refractivity contribution is 5.84. The number of pyridine rings is 1. The molecule has 0 bridgehead atoms. The standard InChI is InChI=1S/C27H29F4N3O4/c1-38-17-2-3-22-18(14-17)24(21(31)15-33-22)23(35)4-5-27(26(36)37)6-9-34(10-7-27)11-8-32-25-19(29)12-16(28)13-20(25)30/h2-3,12-15,23,32,35H,4-11H2,1H3,(H,36,37)/t23-/m0/s1. The van der Waals surface area contributed by atoms with E-state index >= 15 is 0 Å². The highest BCUT2D eigenvalue weighted by atomic mass is 19.1. The molecule has 7 nitrogen and oxygen atoms in total. The van der Waals surface area contributed by atoms with Crippen molar-refractivity contribution in [3.8, 4) is 5.75 Å². The molecule has 2 aromatic carbocycles. The maximum atomic E-state index is 14.7. The van der Waals surface area contributed by atoms with Crippen molar-refractivity contribution >= 4 is 22.6 Å². The van der Waals surface area contributed by atoms with Crippen molar-refractivity contribution in [1.82, 2.24) is 9.88 Å². The first kappa shape index (κ1) is 27.6. The van der Waals surface area contributed by atoms with Crippen molar-refractivity contribution in [3.05, 3.63) is 65.4 Å². The topological polar surface area (TPSA) is 94.9 Å². The van der Waals surface area contributed by atoms with E-state index in [0.29, 0.717) is 61.3 Å². The van der Waals surface area contributed by atoms with Crippen LogP contribution in [0.2, 0.25) is 0 Å². The molecule has 0 spiro atoms. The first-order valence-corrected chi connectivity index (χ1v) is 12.3. The molecular formula is C27H29F4N3O4. The van der Waals surface area contributed by atoms with E-state index in [1.54, 1.807) is 18.2 Å². The molecule has 0 amide bonds. The monoisotopic (exact) mass is 535 g/mol. The number of nitrogens with zero attached hydrogens (tertiary/aromatic N) is 2. The van der Waals surface area contributed by atoms with Crippen LogP contribution in [0, 0.1) is 28.7 Å². The number of hydrogen-bond donors (Lipinski definition) is 3. The Balaban J connectivity index is 1.37. The quantitative estimate of drug-likeness (QED) is 0.318. The molecule has 0 radical (unpaired) electrons.